The molecule has 0 saturated carbocycles. The third kappa shape index (κ3) is 10.0. The van der Waals surface area contributed by atoms with Gasteiger partial charge in [-0.15, -0.1) is 0 Å². The van der Waals surface area contributed by atoms with Gasteiger partial charge in [0.05, 0.1) is 34.9 Å². The van der Waals surface area contributed by atoms with Crippen LogP contribution in [0.15, 0.2) is 52.5 Å². The van der Waals surface area contributed by atoms with Crippen molar-refractivity contribution in [3.05, 3.63) is 69.8 Å². The number of fused-ring (bicyclic) bond motifs is 13. The molecule has 1 aromatic carbocycles. The van der Waals surface area contributed by atoms with Gasteiger partial charge >= 0.3 is 11.8 Å². The average molecular weight is 938 g/mol. The number of phenolic OH excluding ortho intramolecular Hbond substituents is 1. The van der Waals surface area contributed by atoms with Crippen molar-refractivity contribution in [3.8, 4) is 11.5 Å². The van der Waals surface area contributed by atoms with Crippen LogP contribution in [0.2, 0.25) is 0 Å². The first-order valence-electron chi connectivity index (χ1n) is 22.2. The number of piperidine rings is 1. The molecule has 344 valence electrons. The molecule has 0 aromatic heterocycles. The molecule has 15 heteroatoms. The number of aliphatic hydroxyl groups is 1. The van der Waals surface area contributed by atoms with Gasteiger partial charge < -0.3 is 44.7 Å². The number of nitrogens with zero attached hydrogens (tertiary/aromatic N) is 2. The standard InChI is InChI=1S/C48H65BrN4O10/c1-25(2)24-53-19-17-48(18-20-53)51-36-33-34-39(55)30(7)43-35(33)44(57)47(11,63-43)60-21-13-16-27(4)41(61-32(54)23-49)31(8)42(62-46(9,10)59)29(6)22-26(3)14-12-15-28(5)45(58)50-38(40(34)56)37(36)52-48/h12-15,21,25-27,29,31,41-42,52,55,59H,16-20,22-24H2,1-11H3,(H,50,58)/b14-12+,21-13+,28-15-/t26?,27-,29-,31+,41?,42?,47?/m1/s1. The number of halogens is 1. The maximum atomic E-state index is 14.7. The maximum Gasteiger partial charge on any atom is 0.316 e. The quantitative estimate of drug-likeness (QED) is 0.129. The molecule has 4 N–H and O–H groups in total. The highest BCUT2D eigenvalue weighted by Crippen LogP contribution is 2.50. The van der Waals surface area contributed by atoms with Crippen molar-refractivity contribution in [2.75, 3.05) is 25.0 Å². The van der Waals surface area contributed by atoms with E-state index in [0.717, 1.165) is 19.6 Å². The summed E-state index contributed by atoms with van der Waals surface area (Å²) in [5.74, 6) is -6.19. The molecule has 1 fully saturated rings. The Labute approximate surface area is 379 Å². The van der Waals surface area contributed by atoms with Crippen LogP contribution in [0.1, 0.15) is 127 Å². The van der Waals surface area contributed by atoms with Crippen LogP contribution in [-0.4, -0.2) is 98.7 Å². The first-order chi connectivity index (χ1) is 29.5. The Morgan fingerprint density at radius 1 is 1.05 bits per heavy atom. The Kier molecular flexibility index (Phi) is 14.3. The fourth-order valence-electron chi connectivity index (χ4n) is 9.60. The summed E-state index contributed by atoms with van der Waals surface area (Å²) in [6.45, 7) is 22.6. The van der Waals surface area contributed by atoms with Crippen molar-refractivity contribution in [2.45, 2.75) is 131 Å². The normalized spacial score (nSPS) is 31.0. The number of ketones is 2. The third-order valence-electron chi connectivity index (χ3n) is 12.7. The fourth-order valence-corrected chi connectivity index (χ4v) is 9.73. The summed E-state index contributed by atoms with van der Waals surface area (Å²) in [7, 11) is 0. The summed E-state index contributed by atoms with van der Waals surface area (Å²) in [6, 6.07) is 0. The Morgan fingerprint density at radius 3 is 2.37 bits per heavy atom. The van der Waals surface area contributed by atoms with Gasteiger partial charge in [-0.3, -0.25) is 24.2 Å². The summed E-state index contributed by atoms with van der Waals surface area (Å²) in [4.78, 5) is 63.9. The van der Waals surface area contributed by atoms with Crippen LogP contribution < -0.4 is 15.4 Å². The predicted octanol–water partition coefficient (Wildman–Crippen LogP) is 7.15. The molecule has 5 aliphatic heterocycles. The minimum atomic E-state index is -1.89. The van der Waals surface area contributed by atoms with Crippen LogP contribution >= 0.6 is 15.9 Å². The second kappa shape index (κ2) is 18.7. The largest absolute Gasteiger partial charge is 0.507 e. The van der Waals surface area contributed by atoms with Gasteiger partial charge in [0.25, 0.3) is 11.7 Å². The summed E-state index contributed by atoms with van der Waals surface area (Å²) < 4.78 is 24.8. The molecule has 0 radical (unpaired) electrons. The molecule has 1 spiro atoms. The number of phenols is 1. The number of rotatable bonds is 6. The number of Topliss-reactive ketones (excluding diaryl/α,β-unsaturated/α-hetero) is 2. The summed E-state index contributed by atoms with van der Waals surface area (Å²) in [6.07, 6.45) is 9.58. The number of carbonyl (C=O) groups excluding carboxylic acids is 4. The van der Waals surface area contributed by atoms with Crippen LogP contribution in [0.4, 0.5) is 0 Å². The molecule has 7 atom stereocenters. The van der Waals surface area contributed by atoms with Gasteiger partial charge in [0.15, 0.2) is 5.79 Å². The number of ether oxygens (including phenoxy) is 4. The number of alkyl halides is 1. The van der Waals surface area contributed by atoms with E-state index < -0.39 is 52.9 Å². The molecular formula is C48H65BrN4O10. The number of hydrogen-bond donors (Lipinski definition) is 4. The molecule has 1 aliphatic carbocycles. The number of amides is 1. The van der Waals surface area contributed by atoms with Gasteiger partial charge in [-0.1, -0.05) is 75.7 Å². The van der Waals surface area contributed by atoms with E-state index >= 15 is 0 Å². The monoisotopic (exact) mass is 936 g/mol. The molecule has 5 bridgehead atoms. The Hall–Kier alpha value is -4.31. The summed E-state index contributed by atoms with van der Waals surface area (Å²) in [5, 5.41) is 29.1. The Bertz CT molecular complexity index is 2160. The second-order valence-electron chi connectivity index (χ2n) is 19.3. The zero-order valence-corrected chi connectivity index (χ0v) is 40.1. The molecule has 1 aromatic rings. The van der Waals surface area contributed by atoms with Gasteiger partial charge in [0, 0.05) is 62.0 Å². The molecule has 4 unspecified atom stereocenters. The van der Waals surface area contributed by atoms with E-state index in [-0.39, 0.29) is 74.1 Å². The molecule has 5 heterocycles. The van der Waals surface area contributed by atoms with Crippen molar-refractivity contribution in [1.29, 1.82) is 0 Å². The Morgan fingerprint density at radius 2 is 1.73 bits per heavy atom. The predicted molar refractivity (Wildman–Crippen MR) is 242 cm³/mol. The smallest absolute Gasteiger partial charge is 0.316 e. The van der Waals surface area contributed by atoms with Gasteiger partial charge in [0.1, 0.15) is 34.3 Å². The molecule has 63 heavy (non-hydrogen) atoms. The summed E-state index contributed by atoms with van der Waals surface area (Å²) in [5.41, 5.74) is 0.216. The molecule has 7 rings (SSSR count). The number of allylic oxidation sites excluding steroid dienone is 6. The van der Waals surface area contributed by atoms with Crippen molar-refractivity contribution in [1.82, 2.24) is 15.5 Å². The lowest BCUT2D eigenvalue weighted by molar-refractivity contribution is -0.237. The van der Waals surface area contributed by atoms with Gasteiger partial charge in [-0.2, -0.15) is 0 Å². The molecule has 14 nitrogen and oxygen atoms in total. The van der Waals surface area contributed by atoms with Gasteiger partial charge in [-0.05, 0) is 70.3 Å². The molecule has 1 amide bonds. The lowest BCUT2D eigenvalue weighted by Gasteiger charge is -2.40. The number of benzene rings is 1. The number of aliphatic imine (C=N–C) groups is 1. The van der Waals surface area contributed by atoms with E-state index in [4.69, 9.17) is 23.9 Å². The minimum absolute atomic E-state index is 0.00350. The van der Waals surface area contributed by atoms with Crippen LogP contribution in [-0.2, 0) is 23.8 Å². The highest BCUT2D eigenvalue weighted by Gasteiger charge is 2.54. The first kappa shape index (κ1) is 48.2. The van der Waals surface area contributed by atoms with E-state index in [1.54, 1.807) is 45.9 Å². The topological polar surface area (TPSA) is 185 Å². The van der Waals surface area contributed by atoms with E-state index in [2.05, 4.69) is 45.3 Å². The van der Waals surface area contributed by atoms with Crippen LogP contribution in [0, 0.1) is 36.5 Å². The Balaban J connectivity index is 1.46. The van der Waals surface area contributed by atoms with Gasteiger partial charge in [0.2, 0.25) is 5.78 Å². The second-order valence-corrected chi connectivity index (χ2v) is 19.8. The zero-order chi connectivity index (χ0) is 46.3. The zero-order valence-electron chi connectivity index (χ0n) is 38.5. The lowest BCUT2D eigenvalue weighted by atomic mass is 9.80. The summed E-state index contributed by atoms with van der Waals surface area (Å²) >= 11 is 3.23. The van der Waals surface area contributed by atoms with E-state index in [1.165, 1.54) is 13.2 Å². The number of carbonyl (C=O) groups is 4. The molecule has 1 saturated heterocycles. The van der Waals surface area contributed by atoms with Crippen molar-refractivity contribution in [3.63, 3.8) is 0 Å². The minimum Gasteiger partial charge on any atom is -0.507 e. The van der Waals surface area contributed by atoms with Crippen molar-refractivity contribution in [2.24, 2.45) is 34.6 Å². The highest BCUT2D eigenvalue weighted by atomic mass is 79.9. The number of likely N-dealkylation sites (tertiary alicyclic amines) is 1. The maximum absolute atomic E-state index is 14.7. The molecular weight excluding hydrogens is 872 g/mol. The van der Waals surface area contributed by atoms with Gasteiger partial charge in [-0.25, -0.2) is 0 Å². The van der Waals surface area contributed by atoms with E-state index in [1.807, 2.05) is 33.8 Å². The van der Waals surface area contributed by atoms with Crippen molar-refractivity contribution < 1.29 is 48.3 Å². The highest BCUT2D eigenvalue weighted by molar-refractivity contribution is 9.09. The average Bonchev–Trinajstić information content (AvgIpc) is 3.71. The first-order valence-corrected chi connectivity index (χ1v) is 23.3. The van der Waals surface area contributed by atoms with Crippen LogP contribution in [0.3, 0.4) is 0 Å². The number of esters is 1. The van der Waals surface area contributed by atoms with Crippen molar-refractivity contribution >= 4 is 45.1 Å². The van der Waals surface area contributed by atoms with Crippen LogP contribution in [0.5, 0.6) is 11.5 Å². The SMILES string of the molecule is C/C1=C/C=C/C(C)C[C@@H](C)C(OC(C)(C)O)[C@@H](C)C(OC(=O)CBr)[C@H](C)C/C=C/OC2(C)Oc3c(C)c(O)c4c(c3C2=O)C2=NC3(CCN(CC(C)C)CC3)NC2=C(NC1=O)C4=O. The number of aromatic hydroxyl groups is 1. The number of nitrogens with one attached hydrogen (secondary N) is 2. The van der Waals surface area contributed by atoms with E-state index in [9.17, 15) is 29.4 Å². The lowest BCUT2D eigenvalue weighted by Crippen LogP contribution is -2.50. The van der Waals surface area contributed by atoms with E-state index in [0.29, 0.717) is 42.9 Å². The van der Waals surface area contributed by atoms with Crippen LogP contribution in [0.25, 0.3) is 0 Å². The fraction of sp³-hybridized carbons (Fsp3) is 0.604. The molecule has 6 aliphatic rings. The third-order valence-corrected chi connectivity index (χ3v) is 13.2. The number of hydrogen-bond acceptors (Lipinski definition) is 13.